The van der Waals surface area contributed by atoms with Crippen LogP contribution in [-0.4, -0.2) is 58.5 Å². The minimum absolute atomic E-state index is 0.000915. The summed E-state index contributed by atoms with van der Waals surface area (Å²) in [6, 6.07) is 13.6. The van der Waals surface area contributed by atoms with Crippen LogP contribution in [0.1, 0.15) is 22.8 Å². The minimum atomic E-state index is -0.123. The van der Waals surface area contributed by atoms with E-state index >= 15 is 0 Å². The smallest absolute Gasteiger partial charge is 0.257 e. The fraction of sp³-hybridized carbons (Fsp3) is 0.286. The van der Waals surface area contributed by atoms with Crippen molar-refractivity contribution < 1.29 is 9.59 Å². The zero-order valence-electron chi connectivity index (χ0n) is 15.4. The second-order valence-electron chi connectivity index (χ2n) is 6.18. The second-order valence-corrected chi connectivity index (χ2v) is 7.19. The molecule has 1 aliphatic rings. The van der Waals surface area contributed by atoms with Crippen LogP contribution in [0.4, 0.5) is 0 Å². The lowest BCUT2D eigenvalue weighted by molar-refractivity contribution is -0.134. The van der Waals surface area contributed by atoms with Crippen molar-refractivity contribution in [1.29, 1.82) is 0 Å². The third-order valence-corrected chi connectivity index (χ3v) is 5.37. The molecule has 2 aromatic rings. The van der Waals surface area contributed by atoms with Gasteiger partial charge in [-0.15, -0.1) is 11.8 Å². The average molecular weight is 382 g/mol. The highest BCUT2D eigenvalue weighted by atomic mass is 32.2. The van der Waals surface area contributed by atoms with Crippen LogP contribution >= 0.6 is 11.8 Å². The average Bonchev–Trinajstić information content (AvgIpc) is 2.71. The Bertz CT molecular complexity index is 823. The first kappa shape index (κ1) is 19.2. The number of benzene rings is 1. The molecule has 0 unspecified atom stereocenters. The quantitative estimate of drug-likeness (QED) is 0.721. The van der Waals surface area contributed by atoms with Gasteiger partial charge in [-0.1, -0.05) is 42.5 Å². The molecule has 3 rings (SSSR count). The van der Waals surface area contributed by atoms with Crippen molar-refractivity contribution in [3.8, 4) is 0 Å². The molecule has 1 aromatic heterocycles. The van der Waals surface area contributed by atoms with Gasteiger partial charge in [0.25, 0.3) is 5.91 Å². The van der Waals surface area contributed by atoms with E-state index in [2.05, 4.69) is 17.1 Å². The Morgan fingerprint density at radius 3 is 2.74 bits per heavy atom. The predicted molar refractivity (Wildman–Crippen MR) is 109 cm³/mol. The van der Waals surface area contributed by atoms with Crippen LogP contribution in [0.3, 0.4) is 0 Å². The number of thioether (sulfide) groups is 1. The van der Waals surface area contributed by atoms with E-state index < -0.39 is 0 Å². The molecule has 0 spiro atoms. The Balaban J connectivity index is 1.64. The molecule has 6 heteroatoms. The molecule has 1 fully saturated rings. The van der Waals surface area contributed by atoms with Crippen LogP contribution < -0.4 is 0 Å². The molecule has 1 aliphatic heterocycles. The molecule has 27 heavy (non-hydrogen) atoms. The number of pyridine rings is 1. The van der Waals surface area contributed by atoms with Crippen molar-refractivity contribution in [1.82, 2.24) is 14.8 Å². The highest BCUT2D eigenvalue weighted by Crippen LogP contribution is 2.22. The highest BCUT2D eigenvalue weighted by Gasteiger charge is 2.28. The third kappa shape index (κ3) is 4.98. The Kier molecular flexibility index (Phi) is 6.65. The molecule has 1 aromatic carbocycles. The van der Waals surface area contributed by atoms with Gasteiger partial charge in [0.05, 0.1) is 5.56 Å². The number of hydrogen-bond acceptors (Lipinski definition) is 4. The molecule has 1 saturated heterocycles. The zero-order valence-corrected chi connectivity index (χ0v) is 16.2. The van der Waals surface area contributed by atoms with E-state index in [0.717, 1.165) is 5.56 Å². The van der Waals surface area contributed by atoms with E-state index in [9.17, 15) is 9.59 Å². The lowest BCUT2D eigenvalue weighted by Crippen LogP contribution is -2.52. The lowest BCUT2D eigenvalue weighted by atomic mass is 10.2. The molecule has 2 heterocycles. The van der Waals surface area contributed by atoms with Crippen LogP contribution in [0.15, 0.2) is 59.8 Å². The Labute approximate surface area is 164 Å². The van der Waals surface area contributed by atoms with Crippen molar-refractivity contribution in [2.24, 2.45) is 0 Å². The van der Waals surface area contributed by atoms with E-state index in [1.165, 1.54) is 11.8 Å². The lowest BCUT2D eigenvalue weighted by Gasteiger charge is -2.33. The van der Waals surface area contributed by atoms with Crippen molar-refractivity contribution in [3.63, 3.8) is 0 Å². The largest absolute Gasteiger partial charge is 0.340 e. The van der Waals surface area contributed by atoms with Crippen LogP contribution in [0.25, 0.3) is 6.08 Å². The Morgan fingerprint density at radius 2 is 2.00 bits per heavy atom. The first-order valence-corrected chi connectivity index (χ1v) is 10.0. The summed E-state index contributed by atoms with van der Waals surface area (Å²) in [7, 11) is 0. The number of carbonyl (C=O) groups is 2. The fourth-order valence-corrected chi connectivity index (χ4v) is 3.73. The van der Waals surface area contributed by atoms with Crippen molar-refractivity contribution >= 4 is 29.7 Å². The van der Waals surface area contributed by atoms with Gasteiger partial charge in [0.1, 0.15) is 11.6 Å². The molecule has 5 nitrogen and oxygen atoms in total. The second kappa shape index (κ2) is 9.37. The van der Waals surface area contributed by atoms with Gasteiger partial charge >= 0.3 is 0 Å². The molecular weight excluding hydrogens is 358 g/mol. The molecule has 0 N–H and O–H groups in total. The highest BCUT2D eigenvalue weighted by molar-refractivity contribution is 7.99. The van der Waals surface area contributed by atoms with Crippen LogP contribution in [0.2, 0.25) is 0 Å². The molecule has 0 aliphatic carbocycles. The van der Waals surface area contributed by atoms with Crippen LogP contribution in [-0.2, 0) is 4.79 Å². The van der Waals surface area contributed by atoms with Gasteiger partial charge in [-0.3, -0.25) is 9.59 Å². The van der Waals surface area contributed by atoms with E-state index in [-0.39, 0.29) is 18.4 Å². The number of piperazine rings is 1. The van der Waals surface area contributed by atoms with Gasteiger partial charge in [0.15, 0.2) is 0 Å². The maximum atomic E-state index is 12.9. The number of aromatic nitrogens is 1. The molecule has 0 radical (unpaired) electrons. The minimum Gasteiger partial charge on any atom is -0.340 e. The predicted octanol–water partition coefficient (Wildman–Crippen LogP) is 3.19. The molecule has 0 saturated carbocycles. The summed E-state index contributed by atoms with van der Waals surface area (Å²) in [5.74, 6) is 0.595. The SMILES string of the molecule is CCN1CCN(C(=O)c2cccnc2SCC=Cc2ccccc2)CC1=O. The van der Waals surface area contributed by atoms with E-state index in [1.807, 2.05) is 37.3 Å². The Morgan fingerprint density at radius 1 is 1.19 bits per heavy atom. The summed E-state index contributed by atoms with van der Waals surface area (Å²) >= 11 is 1.52. The van der Waals surface area contributed by atoms with Gasteiger partial charge in [0, 0.05) is 31.6 Å². The summed E-state index contributed by atoms with van der Waals surface area (Å²) in [5, 5.41) is 0.700. The number of likely N-dealkylation sites (N-methyl/N-ethyl adjacent to an activating group) is 1. The van der Waals surface area contributed by atoms with E-state index in [0.29, 0.717) is 36.0 Å². The number of hydrogen-bond donors (Lipinski definition) is 0. The first-order valence-electron chi connectivity index (χ1n) is 9.05. The fourth-order valence-electron chi connectivity index (χ4n) is 2.93. The van der Waals surface area contributed by atoms with Gasteiger partial charge in [-0.05, 0) is 24.6 Å². The number of nitrogens with zero attached hydrogens (tertiary/aromatic N) is 3. The summed E-state index contributed by atoms with van der Waals surface area (Å²) in [6.45, 7) is 3.92. The maximum absolute atomic E-state index is 12.9. The van der Waals surface area contributed by atoms with Gasteiger partial charge in [-0.2, -0.15) is 0 Å². The first-order chi connectivity index (χ1) is 13.2. The van der Waals surface area contributed by atoms with E-state index in [4.69, 9.17) is 0 Å². The topological polar surface area (TPSA) is 53.5 Å². The summed E-state index contributed by atoms with van der Waals surface area (Å²) in [5.41, 5.74) is 1.70. The summed E-state index contributed by atoms with van der Waals surface area (Å²) < 4.78 is 0. The molecule has 0 atom stereocenters. The maximum Gasteiger partial charge on any atom is 0.257 e. The normalized spacial score (nSPS) is 14.8. The van der Waals surface area contributed by atoms with Crippen LogP contribution in [0.5, 0.6) is 0 Å². The Hall–Kier alpha value is -2.60. The van der Waals surface area contributed by atoms with Gasteiger partial charge in [-0.25, -0.2) is 4.98 Å². The molecule has 0 bridgehead atoms. The number of amides is 2. The molecule has 2 amide bonds. The standard InChI is InChI=1S/C21H23N3O2S/c1-2-23-13-14-24(16-19(23)25)21(26)18-11-6-12-22-20(18)27-15-7-10-17-8-4-3-5-9-17/h3-12H,2,13-16H2,1H3. The zero-order chi connectivity index (χ0) is 19.1. The van der Waals surface area contributed by atoms with Gasteiger partial charge in [0.2, 0.25) is 5.91 Å². The third-order valence-electron chi connectivity index (χ3n) is 4.42. The summed E-state index contributed by atoms with van der Waals surface area (Å²) in [6.07, 6.45) is 5.81. The van der Waals surface area contributed by atoms with E-state index in [1.54, 1.807) is 28.1 Å². The number of carbonyl (C=O) groups excluding carboxylic acids is 2. The molecule has 140 valence electrons. The number of rotatable bonds is 6. The van der Waals surface area contributed by atoms with Crippen molar-refractivity contribution in [2.45, 2.75) is 11.9 Å². The van der Waals surface area contributed by atoms with Gasteiger partial charge < -0.3 is 9.80 Å². The van der Waals surface area contributed by atoms with Crippen molar-refractivity contribution in [2.75, 3.05) is 31.9 Å². The monoisotopic (exact) mass is 381 g/mol. The van der Waals surface area contributed by atoms with Crippen molar-refractivity contribution in [3.05, 3.63) is 65.9 Å². The summed E-state index contributed by atoms with van der Waals surface area (Å²) in [4.78, 5) is 32.8. The van der Waals surface area contributed by atoms with Crippen LogP contribution in [0, 0.1) is 0 Å². The molecular formula is C21H23N3O2S.